The first kappa shape index (κ1) is 49.9. The van der Waals surface area contributed by atoms with Gasteiger partial charge in [-0.25, -0.2) is 9.18 Å². The summed E-state index contributed by atoms with van der Waals surface area (Å²) in [5.41, 5.74) is 9.02. The number of methoxy groups -OCH3 is 1. The molecular weight excluding hydrogens is 929 g/mol. The van der Waals surface area contributed by atoms with Crippen molar-refractivity contribution in [2.24, 2.45) is 17.6 Å². The first-order valence-corrected chi connectivity index (χ1v) is 25.4. The lowest BCUT2D eigenvalue weighted by molar-refractivity contribution is -0.127. The largest absolute Gasteiger partial charge is 0.495 e. The van der Waals surface area contributed by atoms with Crippen molar-refractivity contribution in [2.75, 3.05) is 71.0 Å². The molecule has 3 heterocycles. The molecule has 71 heavy (non-hydrogen) atoms. The van der Waals surface area contributed by atoms with Gasteiger partial charge in [0.1, 0.15) is 12.4 Å². The van der Waals surface area contributed by atoms with Crippen LogP contribution in [0, 0.1) is 17.7 Å². The first-order chi connectivity index (χ1) is 34.4. The molecule has 3 saturated heterocycles. The molecule has 17 heteroatoms. The number of nitrogens with zero attached hydrogens (tertiary/aromatic N) is 3. The number of nitrogens with two attached hydrogens (primary N) is 1. The smallest absolute Gasteiger partial charge is 0.328 e. The van der Waals surface area contributed by atoms with Crippen LogP contribution in [0.25, 0.3) is 11.1 Å². The predicted molar refractivity (Wildman–Crippen MR) is 267 cm³/mol. The van der Waals surface area contributed by atoms with E-state index in [0.29, 0.717) is 54.7 Å². The van der Waals surface area contributed by atoms with Crippen LogP contribution in [-0.4, -0.2) is 124 Å². The third-order valence-corrected chi connectivity index (χ3v) is 15.3. The molecule has 5 N–H and O–H groups in total. The molecular formula is C54H63ClFN7O8. The highest BCUT2D eigenvalue weighted by molar-refractivity contribution is 6.33. The fourth-order valence-corrected chi connectivity index (χ4v) is 11.0. The van der Waals surface area contributed by atoms with E-state index in [-0.39, 0.29) is 89.2 Å². The summed E-state index contributed by atoms with van der Waals surface area (Å²) in [7, 11) is 1.50. The predicted octanol–water partition coefficient (Wildman–Crippen LogP) is 6.89. The summed E-state index contributed by atoms with van der Waals surface area (Å²) in [4.78, 5) is 69.7. The Balaban J connectivity index is 0.739. The average molecular weight is 993 g/mol. The van der Waals surface area contributed by atoms with Crippen molar-refractivity contribution in [2.45, 2.75) is 81.9 Å². The van der Waals surface area contributed by atoms with Crippen LogP contribution >= 0.6 is 11.6 Å². The highest BCUT2D eigenvalue weighted by Gasteiger charge is 2.36. The number of carbonyl (C=O) groups excluding carboxylic acids is 5. The molecule has 5 aliphatic rings. The molecule has 0 spiro atoms. The third kappa shape index (κ3) is 11.7. The maximum Gasteiger partial charge on any atom is 0.328 e. The molecule has 15 nitrogen and oxygen atoms in total. The van der Waals surface area contributed by atoms with Crippen LogP contribution in [0.4, 0.5) is 14.9 Å². The number of anilines is 1. The van der Waals surface area contributed by atoms with Crippen molar-refractivity contribution in [3.05, 3.63) is 112 Å². The molecule has 376 valence electrons. The Hall–Kier alpha value is -6.07. The molecule has 3 aliphatic heterocycles. The summed E-state index contributed by atoms with van der Waals surface area (Å²) in [5, 5.41) is 9.74. The number of hydrogen-bond donors (Lipinski definition) is 4. The van der Waals surface area contributed by atoms with Crippen LogP contribution in [-0.2, 0) is 14.3 Å². The van der Waals surface area contributed by atoms with Gasteiger partial charge in [0.05, 0.1) is 24.5 Å². The van der Waals surface area contributed by atoms with Gasteiger partial charge in [-0.05, 0) is 111 Å². The zero-order valence-electron chi connectivity index (χ0n) is 40.1. The SMILES string of the molecule is COc1ccc(C(=O)N2CCN(CC3CC(NC(=O)C4CCC(NCC(c5ccccc5)c5ccc(Cl)c(-c6c(C(N)=O)ccc(OC[C@@H]7CCCO7)c6F)c5)CC4)C3)CC2)cc1N1CCC(=O)NC1=O. The number of amides is 6. The van der Waals surface area contributed by atoms with Crippen LogP contribution in [0.15, 0.2) is 78.9 Å². The Morgan fingerprint density at radius 3 is 2.35 bits per heavy atom. The summed E-state index contributed by atoms with van der Waals surface area (Å²) in [6.07, 6.45) is 6.96. The molecule has 4 aromatic carbocycles. The quantitative estimate of drug-likeness (QED) is 0.0869. The molecule has 9 rings (SSSR count). The lowest BCUT2D eigenvalue weighted by atomic mass is 9.78. The Morgan fingerprint density at radius 2 is 1.65 bits per heavy atom. The topological polar surface area (TPSA) is 185 Å². The summed E-state index contributed by atoms with van der Waals surface area (Å²) < 4.78 is 33.4. The monoisotopic (exact) mass is 991 g/mol. The molecule has 2 atom stereocenters. The van der Waals surface area contributed by atoms with Gasteiger partial charge in [0, 0.05) is 104 Å². The van der Waals surface area contributed by atoms with Gasteiger partial charge in [0.15, 0.2) is 11.6 Å². The van der Waals surface area contributed by atoms with E-state index >= 15 is 4.39 Å². The molecule has 2 saturated carbocycles. The number of halogens is 2. The number of urea groups is 1. The highest BCUT2D eigenvalue weighted by atomic mass is 35.5. The van der Waals surface area contributed by atoms with Crippen LogP contribution in [0.1, 0.15) is 95.5 Å². The number of ether oxygens (including phenoxy) is 3. The van der Waals surface area contributed by atoms with Crippen molar-refractivity contribution >= 4 is 46.9 Å². The molecule has 6 amide bonds. The second-order valence-electron chi connectivity index (χ2n) is 19.5. The zero-order chi connectivity index (χ0) is 49.6. The Morgan fingerprint density at radius 1 is 0.887 bits per heavy atom. The second kappa shape index (κ2) is 22.6. The molecule has 1 unspecified atom stereocenters. The third-order valence-electron chi connectivity index (χ3n) is 14.9. The number of carbonyl (C=O) groups is 5. The highest BCUT2D eigenvalue weighted by Crippen LogP contribution is 2.40. The van der Waals surface area contributed by atoms with E-state index in [0.717, 1.165) is 82.1 Å². The van der Waals surface area contributed by atoms with Crippen LogP contribution in [0.3, 0.4) is 0 Å². The number of benzene rings is 4. The molecule has 5 fully saturated rings. The normalized spacial score (nSPS) is 23.1. The molecule has 2 aliphatic carbocycles. The minimum Gasteiger partial charge on any atom is -0.495 e. The minimum absolute atomic E-state index is 0.000323. The fraction of sp³-hybridized carbons (Fsp3) is 0.463. The van der Waals surface area contributed by atoms with Gasteiger partial charge in [-0.15, -0.1) is 0 Å². The van der Waals surface area contributed by atoms with Crippen LogP contribution < -0.4 is 36.1 Å². The van der Waals surface area contributed by atoms with E-state index in [1.54, 1.807) is 24.3 Å². The maximum absolute atomic E-state index is 16.4. The van der Waals surface area contributed by atoms with E-state index in [1.165, 1.54) is 24.1 Å². The van der Waals surface area contributed by atoms with E-state index in [9.17, 15) is 24.0 Å². The van der Waals surface area contributed by atoms with E-state index < -0.39 is 17.8 Å². The van der Waals surface area contributed by atoms with Crippen LogP contribution in [0.5, 0.6) is 11.5 Å². The van der Waals surface area contributed by atoms with Gasteiger partial charge in [-0.1, -0.05) is 48.0 Å². The number of primary amides is 1. The number of piperazine rings is 1. The van der Waals surface area contributed by atoms with Gasteiger partial charge in [-0.3, -0.25) is 34.3 Å². The van der Waals surface area contributed by atoms with Gasteiger partial charge < -0.3 is 35.5 Å². The lowest BCUT2D eigenvalue weighted by Crippen LogP contribution is -2.53. The zero-order valence-corrected chi connectivity index (χ0v) is 40.9. The second-order valence-corrected chi connectivity index (χ2v) is 20.0. The number of imide groups is 1. The van der Waals surface area contributed by atoms with Crippen LogP contribution in [0.2, 0.25) is 5.02 Å². The van der Waals surface area contributed by atoms with E-state index in [1.807, 2.05) is 35.2 Å². The lowest BCUT2D eigenvalue weighted by Gasteiger charge is -2.42. The maximum atomic E-state index is 16.4. The summed E-state index contributed by atoms with van der Waals surface area (Å²) >= 11 is 6.80. The fourth-order valence-electron chi connectivity index (χ4n) is 10.8. The first-order valence-electron chi connectivity index (χ1n) is 25.0. The summed E-state index contributed by atoms with van der Waals surface area (Å²) in [6.45, 7) is 5.23. The number of nitrogens with one attached hydrogen (secondary N) is 3. The van der Waals surface area contributed by atoms with Crippen molar-refractivity contribution in [3.63, 3.8) is 0 Å². The summed E-state index contributed by atoms with van der Waals surface area (Å²) in [5.74, 6) is -1.04. The Labute approximate surface area is 418 Å². The summed E-state index contributed by atoms with van der Waals surface area (Å²) in [6, 6.07) is 23.4. The molecule has 0 radical (unpaired) electrons. The van der Waals surface area contributed by atoms with Crippen molar-refractivity contribution in [3.8, 4) is 22.6 Å². The average Bonchev–Trinajstić information content (AvgIpc) is 3.90. The van der Waals surface area contributed by atoms with E-state index in [2.05, 4.69) is 33.0 Å². The van der Waals surface area contributed by atoms with Crippen molar-refractivity contribution in [1.82, 2.24) is 25.8 Å². The van der Waals surface area contributed by atoms with E-state index in [4.69, 9.17) is 31.5 Å². The van der Waals surface area contributed by atoms with Gasteiger partial charge in [0.2, 0.25) is 17.7 Å². The molecule has 0 bridgehead atoms. The van der Waals surface area contributed by atoms with Crippen molar-refractivity contribution < 1.29 is 42.6 Å². The van der Waals surface area contributed by atoms with Crippen molar-refractivity contribution in [1.29, 1.82) is 0 Å². The Kier molecular flexibility index (Phi) is 15.9. The standard InChI is InChI=1S/C54H63ClFN7O8/c1-69-46-17-12-37(29-45(46)63-20-19-48(64)60-54(63)68)53(67)62-23-21-61(22-24-62)31-33-26-39(27-33)59-52(66)35-9-13-38(14-10-35)58-30-43(34-6-3-2-4-7-34)36-11-16-44(55)42(28-36)49-41(51(57)65)15-18-47(50(49)56)71-32-40-8-5-25-70-40/h2-4,6-7,11-12,15-18,28-29,33,35,38-40,43,58H,5,8-10,13-14,19-27,30-32H2,1H3,(H2,57,65)(H,59,66)(H,60,64,68)/t33?,35?,38?,39?,40-,43?/m0/s1. The van der Waals surface area contributed by atoms with Gasteiger partial charge >= 0.3 is 6.03 Å². The van der Waals surface area contributed by atoms with Gasteiger partial charge in [0.25, 0.3) is 5.91 Å². The molecule has 4 aromatic rings. The minimum atomic E-state index is -0.774. The molecule has 0 aromatic heterocycles. The Bertz CT molecular complexity index is 2590. The van der Waals surface area contributed by atoms with Gasteiger partial charge in [-0.2, -0.15) is 0 Å². The number of rotatable bonds is 17. The number of hydrogen-bond acceptors (Lipinski definition) is 10.